The summed E-state index contributed by atoms with van der Waals surface area (Å²) in [4.78, 5) is 12.5. The summed E-state index contributed by atoms with van der Waals surface area (Å²) in [7, 11) is 0. The van der Waals surface area contributed by atoms with E-state index in [4.69, 9.17) is 14.2 Å². The van der Waals surface area contributed by atoms with Crippen molar-refractivity contribution in [2.24, 2.45) is 0 Å². The Morgan fingerprint density at radius 1 is 1.12 bits per heavy atom. The Hall–Kier alpha value is -1.79. The van der Waals surface area contributed by atoms with Crippen molar-refractivity contribution in [1.29, 1.82) is 0 Å². The lowest BCUT2D eigenvalue weighted by molar-refractivity contribution is 0.0527. The maximum atomic E-state index is 12.5. The van der Waals surface area contributed by atoms with Gasteiger partial charge in [0.2, 0.25) is 6.79 Å². The molecule has 0 radical (unpaired) electrons. The first-order chi connectivity index (χ1) is 12.3. The summed E-state index contributed by atoms with van der Waals surface area (Å²) in [5.41, 5.74) is 3.55. The number of hydrogen-bond donors (Lipinski definition) is 0. The standard InChI is InChI=1S/C19H18O4S2/c1-2-21-18(20)15-9-13(19-24-7-8-25-19)3-5-14(15)12-4-6-16-17(10-12)23-11-22-16/h3-6,9-10,19H,2,7-8,11H2,1H3. The van der Waals surface area contributed by atoms with Gasteiger partial charge in [0.1, 0.15) is 0 Å². The van der Waals surface area contributed by atoms with Crippen LogP contribution in [0.4, 0.5) is 0 Å². The van der Waals surface area contributed by atoms with Gasteiger partial charge < -0.3 is 14.2 Å². The van der Waals surface area contributed by atoms with Crippen LogP contribution in [0.15, 0.2) is 36.4 Å². The second-order valence-electron chi connectivity index (χ2n) is 5.67. The lowest BCUT2D eigenvalue weighted by Crippen LogP contribution is -2.07. The Morgan fingerprint density at radius 2 is 1.92 bits per heavy atom. The van der Waals surface area contributed by atoms with E-state index in [1.54, 1.807) is 0 Å². The zero-order valence-corrected chi connectivity index (χ0v) is 15.5. The lowest BCUT2D eigenvalue weighted by atomic mass is 9.97. The molecule has 1 fully saturated rings. The largest absolute Gasteiger partial charge is 0.462 e. The van der Waals surface area contributed by atoms with Crippen LogP contribution in [0.1, 0.15) is 27.4 Å². The molecule has 0 unspecified atom stereocenters. The molecule has 0 N–H and O–H groups in total. The second-order valence-corrected chi connectivity index (χ2v) is 8.39. The topological polar surface area (TPSA) is 44.8 Å². The van der Waals surface area contributed by atoms with Crippen molar-refractivity contribution in [3.05, 3.63) is 47.5 Å². The fraction of sp³-hybridized carbons (Fsp3) is 0.316. The molecule has 130 valence electrons. The predicted molar refractivity (Wildman–Crippen MR) is 102 cm³/mol. The molecule has 6 heteroatoms. The van der Waals surface area contributed by atoms with Crippen molar-refractivity contribution >= 4 is 29.5 Å². The van der Waals surface area contributed by atoms with Gasteiger partial charge in [-0.1, -0.05) is 18.2 Å². The summed E-state index contributed by atoms with van der Waals surface area (Å²) in [5, 5.41) is 0. The maximum absolute atomic E-state index is 12.5. The van der Waals surface area contributed by atoms with E-state index in [9.17, 15) is 4.79 Å². The number of esters is 1. The summed E-state index contributed by atoms with van der Waals surface area (Å²) in [6.45, 7) is 2.42. The van der Waals surface area contributed by atoms with Crippen LogP contribution >= 0.6 is 23.5 Å². The van der Waals surface area contributed by atoms with Gasteiger partial charge in [0.15, 0.2) is 11.5 Å². The van der Waals surface area contributed by atoms with Crippen LogP contribution < -0.4 is 9.47 Å². The first kappa shape index (κ1) is 16.7. The summed E-state index contributed by atoms with van der Waals surface area (Å²) in [6, 6.07) is 11.8. The van der Waals surface area contributed by atoms with Gasteiger partial charge in [-0.15, -0.1) is 23.5 Å². The molecule has 0 saturated carbocycles. The van der Waals surface area contributed by atoms with Crippen LogP contribution in [0.3, 0.4) is 0 Å². The van der Waals surface area contributed by atoms with Gasteiger partial charge in [-0.3, -0.25) is 0 Å². The van der Waals surface area contributed by atoms with Crippen molar-refractivity contribution in [2.75, 3.05) is 24.9 Å². The van der Waals surface area contributed by atoms with E-state index in [1.165, 1.54) is 5.56 Å². The third-order valence-electron chi connectivity index (χ3n) is 4.12. The molecule has 2 heterocycles. The van der Waals surface area contributed by atoms with Crippen molar-refractivity contribution in [2.45, 2.75) is 11.5 Å². The fourth-order valence-corrected chi connectivity index (χ4v) is 5.79. The van der Waals surface area contributed by atoms with Crippen molar-refractivity contribution in [3.63, 3.8) is 0 Å². The summed E-state index contributed by atoms with van der Waals surface area (Å²) in [6.07, 6.45) is 0. The SMILES string of the molecule is CCOC(=O)c1cc(C2SCCS2)ccc1-c1ccc2c(c1)OCO2. The third kappa shape index (κ3) is 3.33. The Kier molecular flexibility index (Phi) is 4.81. The van der Waals surface area contributed by atoms with Crippen molar-refractivity contribution in [3.8, 4) is 22.6 Å². The molecule has 4 rings (SSSR count). The van der Waals surface area contributed by atoms with Gasteiger partial charge in [-0.2, -0.15) is 0 Å². The van der Waals surface area contributed by atoms with E-state index in [0.717, 1.165) is 28.4 Å². The number of carbonyl (C=O) groups excluding carboxylic acids is 1. The van der Waals surface area contributed by atoms with E-state index in [0.29, 0.717) is 22.5 Å². The van der Waals surface area contributed by atoms with Crippen LogP contribution in [0.2, 0.25) is 0 Å². The average Bonchev–Trinajstić information content (AvgIpc) is 3.32. The van der Waals surface area contributed by atoms with Crippen molar-refractivity contribution < 1.29 is 19.0 Å². The number of thioether (sulfide) groups is 2. The predicted octanol–water partition coefficient (Wildman–Crippen LogP) is 4.74. The monoisotopic (exact) mass is 374 g/mol. The smallest absolute Gasteiger partial charge is 0.338 e. The van der Waals surface area contributed by atoms with Gasteiger partial charge in [-0.25, -0.2) is 4.79 Å². The molecule has 2 aliphatic heterocycles. The highest BCUT2D eigenvalue weighted by molar-refractivity contribution is 8.19. The molecule has 0 aromatic heterocycles. The molecule has 2 aromatic rings. The van der Waals surface area contributed by atoms with Crippen LogP contribution in [-0.4, -0.2) is 30.9 Å². The number of ether oxygens (including phenoxy) is 3. The van der Waals surface area contributed by atoms with E-state index in [1.807, 2.05) is 60.8 Å². The van der Waals surface area contributed by atoms with Crippen LogP contribution in [0.5, 0.6) is 11.5 Å². The number of carbonyl (C=O) groups is 1. The van der Waals surface area contributed by atoms with Gasteiger partial charge in [0, 0.05) is 11.5 Å². The Labute approximate surface area is 155 Å². The highest BCUT2D eigenvalue weighted by Gasteiger charge is 2.23. The minimum absolute atomic E-state index is 0.235. The molecule has 0 aliphatic carbocycles. The highest BCUT2D eigenvalue weighted by Crippen LogP contribution is 2.46. The quantitative estimate of drug-likeness (QED) is 0.721. The molecular weight excluding hydrogens is 356 g/mol. The maximum Gasteiger partial charge on any atom is 0.338 e. The van der Waals surface area contributed by atoms with E-state index < -0.39 is 0 Å². The minimum Gasteiger partial charge on any atom is -0.462 e. The summed E-state index contributed by atoms with van der Waals surface area (Å²) in [5.74, 6) is 3.45. The summed E-state index contributed by atoms with van der Waals surface area (Å²) < 4.78 is 16.5. The molecule has 0 spiro atoms. The first-order valence-corrected chi connectivity index (χ1v) is 10.3. The Bertz CT molecular complexity index is 800. The molecule has 0 amide bonds. The third-order valence-corrected chi connectivity index (χ3v) is 7.22. The van der Waals surface area contributed by atoms with Crippen LogP contribution in [0, 0.1) is 0 Å². The lowest BCUT2D eigenvalue weighted by Gasteiger charge is -2.14. The summed E-state index contributed by atoms with van der Waals surface area (Å²) >= 11 is 3.84. The fourth-order valence-electron chi connectivity index (χ4n) is 2.95. The zero-order valence-electron chi connectivity index (χ0n) is 13.8. The highest BCUT2D eigenvalue weighted by atomic mass is 32.2. The number of fused-ring (bicyclic) bond motifs is 1. The number of benzene rings is 2. The molecule has 2 aromatic carbocycles. The molecule has 2 aliphatic rings. The first-order valence-electron chi connectivity index (χ1n) is 8.20. The second kappa shape index (κ2) is 7.22. The van der Waals surface area contributed by atoms with Gasteiger partial charge in [0.25, 0.3) is 0 Å². The minimum atomic E-state index is -0.287. The zero-order chi connectivity index (χ0) is 17.2. The van der Waals surface area contributed by atoms with E-state index in [-0.39, 0.29) is 12.8 Å². The van der Waals surface area contributed by atoms with Gasteiger partial charge in [0.05, 0.1) is 16.8 Å². The van der Waals surface area contributed by atoms with Gasteiger partial charge >= 0.3 is 5.97 Å². The number of rotatable bonds is 4. The average molecular weight is 374 g/mol. The Balaban J connectivity index is 1.76. The molecule has 0 bridgehead atoms. The molecule has 25 heavy (non-hydrogen) atoms. The van der Waals surface area contributed by atoms with Crippen LogP contribution in [-0.2, 0) is 4.74 Å². The molecule has 4 nitrogen and oxygen atoms in total. The molecule has 1 saturated heterocycles. The van der Waals surface area contributed by atoms with Gasteiger partial charge in [-0.05, 0) is 41.8 Å². The number of hydrogen-bond acceptors (Lipinski definition) is 6. The van der Waals surface area contributed by atoms with E-state index in [2.05, 4.69) is 6.07 Å². The molecular formula is C19H18O4S2. The van der Waals surface area contributed by atoms with Crippen molar-refractivity contribution in [1.82, 2.24) is 0 Å². The van der Waals surface area contributed by atoms with Crippen LogP contribution in [0.25, 0.3) is 11.1 Å². The van der Waals surface area contributed by atoms with E-state index >= 15 is 0 Å². The molecule has 0 atom stereocenters. The normalized spacial score (nSPS) is 16.2. The Morgan fingerprint density at radius 3 is 2.72 bits per heavy atom.